The van der Waals surface area contributed by atoms with E-state index in [-0.39, 0.29) is 25.8 Å². The number of carbonyl (C=O) groups is 13. The summed E-state index contributed by atoms with van der Waals surface area (Å²) in [6.45, 7) is 9.91. The number of ether oxygens (including phenoxy) is 5. The summed E-state index contributed by atoms with van der Waals surface area (Å²) >= 11 is 0. The lowest BCUT2D eigenvalue weighted by Crippen LogP contribution is -2.69. The lowest BCUT2D eigenvalue weighted by atomic mass is 9.94. The molecule has 1 saturated heterocycles. The minimum Gasteiger partial charge on any atom is -0.467 e. The summed E-state index contributed by atoms with van der Waals surface area (Å²) in [5.41, 5.74) is 17.1. The van der Waals surface area contributed by atoms with Crippen molar-refractivity contribution >= 4 is 77.0 Å². The van der Waals surface area contributed by atoms with Gasteiger partial charge in [0.2, 0.25) is 53.2 Å². The number of esters is 4. The number of amides is 9. The molecular formula is C47H79N11O20. The molecule has 13 atom stereocenters. The topological polar surface area (TPSA) is 483 Å². The number of carbonyl (C=O) groups excluding carboxylic acids is 13. The number of hydrogen-bond donors (Lipinski definition) is 13. The Kier molecular flexibility index (Phi) is 30.0. The van der Waals surface area contributed by atoms with E-state index in [4.69, 9.17) is 36.1 Å². The van der Waals surface area contributed by atoms with Gasteiger partial charge in [-0.05, 0) is 51.0 Å². The van der Waals surface area contributed by atoms with Gasteiger partial charge in [-0.15, -0.1) is 0 Å². The molecule has 1 rings (SSSR count). The van der Waals surface area contributed by atoms with Crippen LogP contribution in [0.4, 0.5) is 0 Å². The molecule has 0 aliphatic carbocycles. The number of hydrogen-bond acceptors (Lipinski definition) is 22. The Balaban J connectivity index is 3.98. The van der Waals surface area contributed by atoms with E-state index in [1.54, 1.807) is 13.8 Å². The monoisotopic (exact) mass is 1120 g/mol. The van der Waals surface area contributed by atoms with Crippen LogP contribution in [0, 0.1) is 11.8 Å². The Morgan fingerprint density at radius 3 is 1.62 bits per heavy atom. The van der Waals surface area contributed by atoms with Crippen molar-refractivity contribution in [1.29, 1.82) is 0 Å². The van der Waals surface area contributed by atoms with Crippen LogP contribution < -0.4 is 59.7 Å². The van der Waals surface area contributed by atoms with E-state index in [2.05, 4.69) is 47.3 Å². The van der Waals surface area contributed by atoms with Crippen LogP contribution in [0.2, 0.25) is 0 Å². The number of aliphatic hydroxyl groups is 2. The molecular weight excluding hydrogens is 1040 g/mol. The average molecular weight is 1120 g/mol. The molecule has 1 aliphatic rings. The smallest absolute Gasteiger partial charge is 0.330 e. The first-order valence-corrected chi connectivity index (χ1v) is 25.0. The molecule has 0 radical (unpaired) electrons. The number of aliphatic hydroxyl groups excluding tert-OH is 2. The van der Waals surface area contributed by atoms with Crippen LogP contribution in [0.15, 0.2) is 0 Å². The van der Waals surface area contributed by atoms with E-state index in [9.17, 15) is 72.5 Å². The van der Waals surface area contributed by atoms with Gasteiger partial charge in [0, 0.05) is 34.1 Å². The second-order valence-electron chi connectivity index (χ2n) is 19.0. The highest BCUT2D eigenvalue weighted by Crippen LogP contribution is 2.27. The van der Waals surface area contributed by atoms with Crippen molar-refractivity contribution in [2.24, 2.45) is 29.0 Å². The van der Waals surface area contributed by atoms with Gasteiger partial charge in [-0.1, -0.05) is 27.7 Å². The van der Waals surface area contributed by atoms with Gasteiger partial charge in [0.15, 0.2) is 24.5 Å². The minimum absolute atomic E-state index is 0.131. The van der Waals surface area contributed by atoms with Crippen molar-refractivity contribution in [3.05, 3.63) is 0 Å². The molecule has 78 heavy (non-hydrogen) atoms. The second-order valence-corrected chi connectivity index (χ2v) is 19.0. The van der Waals surface area contributed by atoms with Crippen LogP contribution in [0.3, 0.4) is 0 Å². The Labute approximate surface area is 450 Å². The number of nitrogens with two attached hydrogens (primary N) is 3. The fourth-order valence-electron chi connectivity index (χ4n) is 7.52. The summed E-state index contributed by atoms with van der Waals surface area (Å²) in [6.07, 6.45) is -9.64. The Bertz CT molecular complexity index is 2130. The molecule has 1 aliphatic heterocycles. The third-order valence-corrected chi connectivity index (χ3v) is 11.6. The predicted octanol–water partition coefficient (Wildman–Crippen LogP) is -6.36. The number of rotatable bonds is 32. The summed E-state index contributed by atoms with van der Waals surface area (Å²) in [6, 6.07) is -12.9. The molecule has 31 heteroatoms. The molecule has 0 aromatic heterocycles. The van der Waals surface area contributed by atoms with Crippen LogP contribution in [0.1, 0.15) is 101 Å². The van der Waals surface area contributed by atoms with Crippen molar-refractivity contribution in [2.75, 3.05) is 26.9 Å². The van der Waals surface area contributed by atoms with E-state index < -0.39 is 194 Å². The highest BCUT2D eigenvalue weighted by Gasteiger charge is 2.51. The zero-order valence-corrected chi connectivity index (χ0v) is 45.5. The molecule has 1 heterocycles. The number of nitrogens with one attached hydrogen (secondary N) is 8. The summed E-state index contributed by atoms with van der Waals surface area (Å²) in [5.74, 6) is -14.3. The molecule has 0 spiro atoms. The summed E-state index contributed by atoms with van der Waals surface area (Å²) < 4.78 is 26.6. The number of methoxy groups -OCH3 is 1. The highest BCUT2D eigenvalue weighted by molar-refractivity contribution is 5.99. The molecule has 0 unspecified atom stereocenters. The molecule has 0 aromatic carbocycles. The molecule has 9 amide bonds. The Morgan fingerprint density at radius 1 is 0.615 bits per heavy atom. The van der Waals surface area contributed by atoms with Crippen molar-refractivity contribution in [3.8, 4) is 0 Å². The van der Waals surface area contributed by atoms with Gasteiger partial charge in [-0.3, -0.25) is 57.5 Å². The van der Waals surface area contributed by atoms with E-state index >= 15 is 0 Å². The third-order valence-electron chi connectivity index (χ3n) is 11.6. The first-order chi connectivity index (χ1) is 36.4. The van der Waals surface area contributed by atoms with Gasteiger partial charge in [0.05, 0.1) is 32.3 Å². The van der Waals surface area contributed by atoms with Crippen molar-refractivity contribution in [3.63, 3.8) is 0 Å². The second kappa shape index (κ2) is 33.9. The summed E-state index contributed by atoms with van der Waals surface area (Å²) in [4.78, 5) is 171. The van der Waals surface area contributed by atoms with Gasteiger partial charge in [-0.25, -0.2) is 4.79 Å². The van der Waals surface area contributed by atoms with Gasteiger partial charge in [0.25, 0.3) is 0 Å². The molecule has 1 fully saturated rings. The maximum atomic E-state index is 14.6. The molecule has 0 aromatic rings. The lowest BCUT2D eigenvalue weighted by Gasteiger charge is -2.45. The fourth-order valence-corrected chi connectivity index (χ4v) is 7.52. The number of unbranched alkanes of at least 4 members (excludes halogenated alkanes) is 1. The fraction of sp³-hybridized carbons (Fsp3) is 0.723. The maximum Gasteiger partial charge on any atom is 0.330 e. The van der Waals surface area contributed by atoms with E-state index in [0.717, 1.165) is 41.7 Å². The standard InChI is InChI=1S/C47H79N11O20/c1-20(2)34(50)43(70)53-28(14-15-32(49)65)41(68)52-27(13-11-12-16-48)40(67)54-29(42(69)57-35(21(3)4)44(71)58-36(22(5)60)45(72)55-30(18-59)47(73)74-10)17-33(66)56-46-37(51-23(6)61)39(77-26(9)64)38(76-25(8)63)31(78-46)19-75-24(7)62/h20-22,27-31,34-39,46,59-60H,11-19,48,50H2,1-10H3,(H2,49,65)(H,51,61)(H,52,68)(H,53,70)(H,54,67)(H,55,72)(H,56,66)(H,57,69)(H,58,71)/t22-,27+,28+,29+,30+,31+,34+,35+,36+,37+,38+,39+,46+/m1/s1. The van der Waals surface area contributed by atoms with Crippen LogP contribution in [-0.2, 0) is 86.0 Å². The normalized spacial score (nSPS) is 20.0. The van der Waals surface area contributed by atoms with Crippen molar-refractivity contribution < 1.29 is 96.2 Å². The van der Waals surface area contributed by atoms with Crippen molar-refractivity contribution in [2.45, 2.75) is 180 Å². The largest absolute Gasteiger partial charge is 0.467 e. The van der Waals surface area contributed by atoms with Gasteiger partial charge < -0.3 is 93.6 Å². The van der Waals surface area contributed by atoms with E-state index in [0.29, 0.717) is 6.42 Å². The number of primary amides is 1. The SMILES string of the molecule is COC(=O)[C@H](CO)NC(=O)[C@@H](NC(=O)[C@@H](NC(=O)[C@H](CC(=O)N[C@H]1O[C@@H](COC(C)=O)[C@H](OC(C)=O)[C@@H](OC(C)=O)[C@@H]1NC(C)=O)NC(=O)[C@H](CCCCN)NC(=O)[C@H](CCC(N)=O)NC(=O)[C@@H](N)C(C)C)C(C)C)[C@@H](C)O. The molecule has 0 saturated carbocycles. The average Bonchev–Trinajstić information content (AvgIpc) is 3.34. The zero-order valence-electron chi connectivity index (χ0n) is 45.5. The van der Waals surface area contributed by atoms with Gasteiger partial charge in [0.1, 0.15) is 49.0 Å². The lowest BCUT2D eigenvalue weighted by molar-refractivity contribution is -0.228. The van der Waals surface area contributed by atoms with Crippen LogP contribution >= 0.6 is 0 Å². The van der Waals surface area contributed by atoms with Crippen molar-refractivity contribution in [1.82, 2.24) is 42.5 Å². The molecule has 31 nitrogen and oxygen atoms in total. The van der Waals surface area contributed by atoms with E-state index in [1.165, 1.54) is 13.8 Å². The first kappa shape index (κ1) is 68.9. The van der Waals surface area contributed by atoms with Gasteiger partial charge >= 0.3 is 23.9 Å². The van der Waals surface area contributed by atoms with Crippen LogP contribution in [0.5, 0.6) is 0 Å². The van der Waals surface area contributed by atoms with Gasteiger partial charge in [-0.2, -0.15) is 0 Å². The summed E-state index contributed by atoms with van der Waals surface area (Å²) in [7, 11) is 0.981. The maximum absolute atomic E-state index is 14.6. The highest BCUT2D eigenvalue weighted by atomic mass is 16.6. The quantitative estimate of drug-likeness (QED) is 0.0169. The minimum atomic E-state index is -2.03. The third kappa shape index (κ3) is 23.7. The predicted molar refractivity (Wildman–Crippen MR) is 268 cm³/mol. The van der Waals surface area contributed by atoms with Crippen LogP contribution in [-0.4, -0.2) is 193 Å². The zero-order chi connectivity index (χ0) is 59.7. The Morgan fingerprint density at radius 2 is 1.13 bits per heavy atom. The first-order valence-electron chi connectivity index (χ1n) is 25.0. The van der Waals surface area contributed by atoms with E-state index in [1.807, 2.05) is 0 Å². The molecule has 0 bridgehead atoms. The summed E-state index contributed by atoms with van der Waals surface area (Å²) in [5, 5.41) is 39.2. The Hall–Kier alpha value is -7.09. The molecule has 442 valence electrons. The van der Waals surface area contributed by atoms with Crippen LogP contribution in [0.25, 0.3) is 0 Å². The molecule has 16 N–H and O–H groups in total.